The molecule has 2 aromatic carbocycles. The molecule has 3 aromatic rings. The molecule has 1 aliphatic heterocycles. The molecule has 0 amide bonds. The number of H-pyrrole nitrogens is 1. The fraction of sp³-hybridized carbons (Fsp3) is 0.158. The van der Waals surface area contributed by atoms with E-state index in [4.69, 9.17) is 15.2 Å². The van der Waals surface area contributed by atoms with Gasteiger partial charge in [-0.25, -0.2) is 0 Å². The van der Waals surface area contributed by atoms with Gasteiger partial charge in [-0.05, 0) is 16.3 Å². The summed E-state index contributed by atoms with van der Waals surface area (Å²) in [5, 5.41) is 19.0. The number of allylic oxidation sites excluding steroid dienone is 1. The minimum Gasteiger partial charge on any atom is -0.420 e. The third-order valence-corrected chi connectivity index (χ3v) is 4.41. The molecule has 124 valence electrons. The molecule has 0 saturated carbocycles. The molecule has 0 radical (unpaired) electrons. The molecular weight excluding hydrogens is 316 g/mol. The molecule has 1 atom stereocenters. The Morgan fingerprint density at radius 1 is 1.28 bits per heavy atom. The van der Waals surface area contributed by atoms with Crippen LogP contribution in [0.4, 0.5) is 0 Å². The van der Waals surface area contributed by atoms with Crippen LogP contribution in [0, 0.1) is 11.3 Å². The quantitative estimate of drug-likeness (QED) is 0.768. The lowest BCUT2D eigenvalue weighted by molar-refractivity contribution is 0.180. The van der Waals surface area contributed by atoms with Crippen LogP contribution in [0.15, 0.2) is 53.9 Å². The number of methoxy groups -OCH3 is 1. The second kappa shape index (κ2) is 5.96. The minimum atomic E-state index is -0.345. The van der Waals surface area contributed by atoms with Crippen molar-refractivity contribution >= 4 is 10.8 Å². The molecule has 3 N–H and O–H groups in total. The monoisotopic (exact) mass is 332 g/mol. The SMILES string of the molecule is COCc1[nH]nc2c1C(c1ccc3ccccc3c1)C(C#N)=C(N)O2. The Bertz CT molecular complexity index is 1030. The first kappa shape index (κ1) is 15.2. The Labute approximate surface area is 144 Å². The van der Waals surface area contributed by atoms with Crippen LogP contribution in [0.2, 0.25) is 0 Å². The molecule has 2 heterocycles. The fourth-order valence-corrected chi connectivity index (χ4v) is 3.28. The zero-order valence-corrected chi connectivity index (χ0v) is 13.6. The highest BCUT2D eigenvalue weighted by Gasteiger charge is 2.35. The van der Waals surface area contributed by atoms with E-state index in [-0.39, 0.29) is 11.8 Å². The third kappa shape index (κ3) is 2.42. The number of benzene rings is 2. The van der Waals surface area contributed by atoms with Crippen molar-refractivity contribution in [3.8, 4) is 11.9 Å². The molecule has 0 fully saturated rings. The normalized spacial score (nSPS) is 16.4. The van der Waals surface area contributed by atoms with Crippen molar-refractivity contribution in [3.63, 3.8) is 0 Å². The second-order valence-electron chi connectivity index (χ2n) is 5.89. The summed E-state index contributed by atoms with van der Waals surface area (Å²) < 4.78 is 10.8. The lowest BCUT2D eigenvalue weighted by Crippen LogP contribution is -2.21. The highest BCUT2D eigenvalue weighted by atomic mass is 16.5. The Balaban J connectivity index is 1.94. The molecule has 0 aliphatic carbocycles. The predicted octanol–water partition coefficient (Wildman–Crippen LogP) is 2.93. The van der Waals surface area contributed by atoms with E-state index >= 15 is 0 Å². The summed E-state index contributed by atoms with van der Waals surface area (Å²) in [6, 6.07) is 16.4. The third-order valence-electron chi connectivity index (χ3n) is 4.41. The smallest absolute Gasteiger partial charge is 0.244 e. The first-order chi connectivity index (χ1) is 12.2. The maximum absolute atomic E-state index is 9.66. The van der Waals surface area contributed by atoms with Crippen LogP contribution < -0.4 is 10.5 Å². The van der Waals surface area contributed by atoms with Crippen molar-refractivity contribution in [3.05, 3.63) is 70.7 Å². The average molecular weight is 332 g/mol. The van der Waals surface area contributed by atoms with Gasteiger partial charge in [0.05, 0.1) is 23.8 Å². The van der Waals surface area contributed by atoms with Crippen LogP contribution in [-0.4, -0.2) is 17.3 Å². The Morgan fingerprint density at radius 3 is 2.84 bits per heavy atom. The average Bonchev–Trinajstić information content (AvgIpc) is 3.02. The summed E-state index contributed by atoms with van der Waals surface area (Å²) in [5.41, 5.74) is 8.88. The maximum Gasteiger partial charge on any atom is 0.244 e. The van der Waals surface area contributed by atoms with Crippen LogP contribution in [0.3, 0.4) is 0 Å². The summed E-state index contributed by atoms with van der Waals surface area (Å²) in [6.07, 6.45) is 0. The fourth-order valence-electron chi connectivity index (χ4n) is 3.28. The molecular formula is C19H16N4O2. The van der Waals surface area contributed by atoms with Crippen LogP contribution in [-0.2, 0) is 11.3 Å². The maximum atomic E-state index is 9.66. The standard InChI is InChI=1S/C19H16N4O2/c1-24-10-15-17-16(14(9-20)18(21)25-19(17)23-22-15)13-7-6-11-4-2-3-5-12(11)8-13/h2-8,16H,10,21H2,1H3,(H,22,23). The van der Waals surface area contributed by atoms with Gasteiger partial charge in [-0.3, -0.25) is 5.10 Å². The van der Waals surface area contributed by atoms with Gasteiger partial charge in [-0.15, -0.1) is 5.10 Å². The lowest BCUT2D eigenvalue weighted by atomic mass is 9.83. The number of nitrogens with two attached hydrogens (primary N) is 1. The van der Waals surface area contributed by atoms with E-state index in [1.165, 1.54) is 0 Å². The second-order valence-corrected chi connectivity index (χ2v) is 5.89. The number of rotatable bonds is 3. The predicted molar refractivity (Wildman–Crippen MR) is 92.5 cm³/mol. The Hall–Kier alpha value is -3.30. The zero-order valence-electron chi connectivity index (χ0n) is 13.6. The topological polar surface area (TPSA) is 97.0 Å². The number of fused-ring (bicyclic) bond motifs is 2. The highest BCUT2D eigenvalue weighted by Crippen LogP contribution is 2.43. The molecule has 0 spiro atoms. The first-order valence-corrected chi connectivity index (χ1v) is 7.85. The lowest BCUT2D eigenvalue weighted by Gasteiger charge is -2.24. The minimum absolute atomic E-state index is 0.0867. The van der Waals surface area contributed by atoms with E-state index in [0.717, 1.165) is 27.6 Å². The van der Waals surface area contributed by atoms with Gasteiger partial charge >= 0.3 is 0 Å². The number of hydrogen-bond acceptors (Lipinski definition) is 5. The molecule has 1 aliphatic rings. The van der Waals surface area contributed by atoms with Crippen LogP contribution in [0.1, 0.15) is 22.7 Å². The van der Waals surface area contributed by atoms with Gasteiger partial charge in [0.25, 0.3) is 0 Å². The first-order valence-electron chi connectivity index (χ1n) is 7.85. The summed E-state index contributed by atoms with van der Waals surface area (Å²) >= 11 is 0. The van der Waals surface area contributed by atoms with Crippen molar-refractivity contribution in [1.29, 1.82) is 5.26 Å². The van der Waals surface area contributed by atoms with Crippen LogP contribution in [0.25, 0.3) is 10.8 Å². The van der Waals surface area contributed by atoms with Crippen molar-refractivity contribution in [1.82, 2.24) is 10.2 Å². The van der Waals surface area contributed by atoms with E-state index in [1.807, 2.05) is 30.3 Å². The molecule has 0 bridgehead atoms. The summed E-state index contributed by atoms with van der Waals surface area (Å²) in [4.78, 5) is 0. The number of nitrogens with one attached hydrogen (secondary N) is 1. The van der Waals surface area contributed by atoms with Crippen molar-refractivity contribution in [2.24, 2.45) is 5.73 Å². The van der Waals surface area contributed by atoms with E-state index < -0.39 is 0 Å². The summed E-state index contributed by atoms with van der Waals surface area (Å²) in [6.45, 7) is 0.342. The molecule has 4 rings (SSSR count). The largest absolute Gasteiger partial charge is 0.420 e. The van der Waals surface area contributed by atoms with Gasteiger partial charge in [-0.1, -0.05) is 42.5 Å². The Kier molecular flexibility index (Phi) is 3.64. The van der Waals surface area contributed by atoms with Crippen LogP contribution >= 0.6 is 0 Å². The number of aromatic nitrogens is 2. The summed E-state index contributed by atoms with van der Waals surface area (Å²) in [5.74, 6) is 0.132. The van der Waals surface area contributed by atoms with E-state index in [1.54, 1.807) is 7.11 Å². The molecule has 1 aromatic heterocycles. The van der Waals surface area contributed by atoms with Crippen LogP contribution in [0.5, 0.6) is 5.88 Å². The van der Waals surface area contributed by atoms with E-state index in [0.29, 0.717) is 18.1 Å². The van der Waals surface area contributed by atoms with Gasteiger partial charge < -0.3 is 15.2 Å². The van der Waals surface area contributed by atoms with Gasteiger partial charge in [0.2, 0.25) is 11.8 Å². The van der Waals surface area contributed by atoms with Gasteiger partial charge in [0.15, 0.2) is 0 Å². The molecule has 0 saturated heterocycles. The van der Waals surface area contributed by atoms with Crippen molar-refractivity contribution < 1.29 is 9.47 Å². The van der Waals surface area contributed by atoms with Gasteiger partial charge in [0.1, 0.15) is 11.6 Å². The molecule has 1 unspecified atom stereocenters. The van der Waals surface area contributed by atoms with Gasteiger partial charge in [-0.2, -0.15) is 5.26 Å². The number of nitriles is 1. The number of ether oxygens (including phenoxy) is 2. The number of aromatic amines is 1. The van der Waals surface area contributed by atoms with E-state index in [9.17, 15) is 5.26 Å². The molecule has 6 heteroatoms. The highest BCUT2D eigenvalue weighted by molar-refractivity contribution is 5.83. The molecule has 25 heavy (non-hydrogen) atoms. The summed E-state index contributed by atoms with van der Waals surface area (Å²) in [7, 11) is 1.61. The Morgan fingerprint density at radius 2 is 2.08 bits per heavy atom. The van der Waals surface area contributed by atoms with Crippen molar-refractivity contribution in [2.75, 3.05) is 7.11 Å². The van der Waals surface area contributed by atoms with Gasteiger partial charge in [0, 0.05) is 7.11 Å². The molecule has 6 nitrogen and oxygen atoms in total. The van der Waals surface area contributed by atoms with E-state index in [2.05, 4.69) is 28.4 Å². The number of hydrogen-bond donors (Lipinski definition) is 2. The number of nitrogens with zero attached hydrogens (tertiary/aromatic N) is 2. The zero-order chi connectivity index (χ0) is 17.4. The van der Waals surface area contributed by atoms with Crippen molar-refractivity contribution in [2.45, 2.75) is 12.5 Å².